The summed E-state index contributed by atoms with van der Waals surface area (Å²) in [6.07, 6.45) is 0. The largest absolute Gasteiger partial charge is 0.247 e. The minimum Gasteiger partial charge on any atom is -0.0710 e. The van der Waals surface area contributed by atoms with Crippen molar-refractivity contribution < 1.29 is 0 Å². The zero-order valence-corrected chi connectivity index (χ0v) is 10.7. The van der Waals surface area contributed by atoms with Crippen LogP contribution < -0.4 is 0 Å². The highest BCUT2D eigenvalue weighted by Gasteiger charge is 2.20. The Morgan fingerprint density at radius 1 is 1.08 bits per heavy atom. The standard InChI is InChI=1S/C8H7Cl3S2/c1-6-2-4-7(5-3-6)12-13-8(9,10)11/h2-5H,1H3. The highest BCUT2D eigenvalue weighted by molar-refractivity contribution is 8.78. The Hall–Kier alpha value is 0.790. The number of benzene rings is 1. The van der Waals surface area contributed by atoms with Crippen LogP contribution in [0.15, 0.2) is 29.2 Å². The van der Waals surface area contributed by atoms with E-state index in [4.69, 9.17) is 34.8 Å². The molecule has 0 saturated heterocycles. The second-order valence-corrected chi connectivity index (χ2v) is 7.80. The predicted octanol–water partition coefficient (Wildman–Crippen LogP) is 5.06. The summed E-state index contributed by atoms with van der Waals surface area (Å²) < 4.78 is -1.25. The molecule has 0 aliphatic heterocycles. The van der Waals surface area contributed by atoms with E-state index in [9.17, 15) is 0 Å². The molecular formula is C8H7Cl3S2. The van der Waals surface area contributed by atoms with Crippen molar-refractivity contribution in [1.29, 1.82) is 0 Å². The summed E-state index contributed by atoms with van der Waals surface area (Å²) in [5, 5.41) is 0. The van der Waals surface area contributed by atoms with Crippen molar-refractivity contribution in [3.63, 3.8) is 0 Å². The molecule has 0 atom stereocenters. The van der Waals surface area contributed by atoms with Gasteiger partial charge in [-0.1, -0.05) is 63.3 Å². The van der Waals surface area contributed by atoms with Gasteiger partial charge in [0.1, 0.15) is 0 Å². The first-order chi connectivity index (χ1) is 5.97. The maximum atomic E-state index is 5.59. The quantitative estimate of drug-likeness (QED) is 0.545. The summed E-state index contributed by atoms with van der Waals surface area (Å²) in [6.45, 7) is 2.04. The molecule has 0 unspecified atom stereocenters. The van der Waals surface area contributed by atoms with Gasteiger partial charge >= 0.3 is 0 Å². The molecule has 0 heterocycles. The van der Waals surface area contributed by atoms with Gasteiger partial charge in [0.25, 0.3) is 0 Å². The predicted molar refractivity (Wildman–Crippen MR) is 64.9 cm³/mol. The first-order valence-electron chi connectivity index (χ1n) is 3.46. The van der Waals surface area contributed by atoms with Crippen LogP contribution in [0.5, 0.6) is 0 Å². The van der Waals surface area contributed by atoms with Gasteiger partial charge in [0.05, 0.1) is 0 Å². The molecule has 0 aromatic heterocycles. The molecular weight excluding hydrogens is 267 g/mol. The lowest BCUT2D eigenvalue weighted by Crippen LogP contribution is -1.88. The van der Waals surface area contributed by atoms with Gasteiger partial charge in [-0.3, -0.25) is 0 Å². The molecule has 0 radical (unpaired) electrons. The topological polar surface area (TPSA) is 0 Å². The van der Waals surface area contributed by atoms with Crippen LogP contribution in [0.1, 0.15) is 5.56 Å². The van der Waals surface area contributed by atoms with Crippen molar-refractivity contribution in [3.05, 3.63) is 29.8 Å². The molecule has 0 aliphatic carbocycles. The zero-order chi connectivity index (χ0) is 9.90. The maximum Gasteiger partial charge on any atom is 0.247 e. The smallest absolute Gasteiger partial charge is 0.0710 e. The molecule has 0 aliphatic rings. The second-order valence-electron chi connectivity index (χ2n) is 2.43. The average Bonchev–Trinajstić information content (AvgIpc) is 2.02. The van der Waals surface area contributed by atoms with Crippen LogP contribution in [0.25, 0.3) is 0 Å². The van der Waals surface area contributed by atoms with E-state index >= 15 is 0 Å². The Kier molecular flexibility index (Phi) is 4.59. The third-order valence-corrected chi connectivity index (χ3v) is 5.09. The lowest BCUT2D eigenvalue weighted by molar-refractivity contribution is 1.38. The van der Waals surface area contributed by atoms with Gasteiger partial charge in [0.2, 0.25) is 3.12 Å². The van der Waals surface area contributed by atoms with E-state index in [0.29, 0.717) is 0 Å². The van der Waals surface area contributed by atoms with Crippen LogP contribution in [-0.2, 0) is 0 Å². The number of halogens is 3. The van der Waals surface area contributed by atoms with Crippen LogP contribution in [0.4, 0.5) is 0 Å². The lowest BCUT2D eigenvalue weighted by Gasteiger charge is -2.08. The molecule has 0 saturated carbocycles. The molecule has 13 heavy (non-hydrogen) atoms. The molecule has 0 amide bonds. The number of hydrogen-bond acceptors (Lipinski definition) is 2. The number of rotatable bonds is 2. The first kappa shape index (κ1) is 11.9. The van der Waals surface area contributed by atoms with Crippen molar-refractivity contribution in [1.82, 2.24) is 0 Å². The van der Waals surface area contributed by atoms with E-state index in [1.165, 1.54) is 27.2 Å². The van der Waals surface area contributed by atoms with Crippen LogP contribution in [0.2, 0.25) is 0 Å². The van der Waals surface area contributed by atoms with Crippen LogP contribution in [-0.4, -0.2) is 3.12 Å². The van der Waals surface area contributed by atoms with E-state index in [2.05, 4.69) is 0 Å². The minimum absolute atomic E-state index is 1.09. The normalized spacial score (nSPS) is 11.7. The van der Waals surface area contributed by atoms with Gasteiger partial charge in [0, 0.05) is 4.90 Å². The van der Waals surface area contributed by atoms with Crippen molar-refractivity contribution in [2.24, 2.45) is 0 Å². The molecule has 5 heteroatoms. The Morgan fingerprint density at radius 3 is 2.08 bits per heavy atom. The Morgan fingerprint density at radius 2 is 1.62 bits per heavy atom. The van der Waals surface area contributed by atoms with Gasteiger partial charge < -0.3 is 0 Å². The molecule has 0 nitrogen and oxygen atoms in total. The Balaban J connectivity index is 2.51. The molecule has 0 fully saturated rings. The number of alkyl halides is 3. The highest BCUT2D eigenvalue weighted by Crippen LogP contribution is 2.48. The highest BCUT2D eigenvalue weighted by atomic mass is 35.6. The van der Waals surface area contributed by atoms with Crippen LogP contribution >= 0.6 is 56.4 Å². The van der Waals surface area contributed by atoms with Crippen molar-refractivity contribution >= 4 is 56.4 Å². The molecule has 72 valence electrons. The third-order valence-electron chi connectivity index (χ3n) is 1.25. The maximum absolute atomic E-state index is 5.59. The van der Waals surface area contributed by atoms with Gasteiger partial charge in [-0.25, -0.2) is 0 Å². The minimum atomic E-state index is -1.25. The fourth-order valence-corrected chi connectivity index (χ4v) is 2.88. The third kappa shape index (κ3) is 5.28. The van der Waals surface area contributed by atoms with Crippen LogP contribution in [0.3, 0.4) is 0 Å². The number of hydrogen-bond donors (Lipinski definition) is 0. The van der Waals surface area contributed by atoms with Crippen molar-refractivity contribution in [2.75, 3.05) is 0 Å². The second kappa shape index (κ2) is 5.04. The monoisotopic (exact) mass is 272 g/mol. The van der Waals surface area contributed by atoms with E-state index in [0.717, 1.165) is 4.90 Å². The summed E-state index contributed by atoms with van der Waals surface area (Å²) in [4.78, 5) is 1.09. The lowest BCUT2D eigenvalue weighted by atomic mass is 10.2. The van der Waals surface area contributed by atoms with Crippen LogP contribution in [0, 0.1) is 6.92 Å². The fourth-order valence-electron chi connectivity index (χ4n) is 0.689. The summed E-state index contributed by atoms with van der Waals surface area (Å²) >= 11 is 16.8. The molecule has 1 aromatic carbocycles. The molecule has 0 N–H and O–H groups in total. The zero-order valence-electron chi connectivity index (χ0n) is 6.76. The van der Waals surface area contributed by atoms with E-state index in [1.807, 2.05) is 31.2 Å². The van der Waals surface area contributed by atoms with Gasteiger partial charge in [-0.15, -0.1) is 0 Å². The molecule has 1 rings (SSSR count). The summed E-state index contributed by atoms with van der Waals surface area (Å²) in [5.41, 5.74) is 1.23. The Labute approximate surface area is 101 Å². The van der Waals surface area contributed by atoms with Crippen molar-refractivity contribution in [2.45, 2.75) is 14.9 Å². The summed E-state index contributed by atoms with van der Waals surface area (Å²) in [6, 6.07) is 8.06. The van der Waals surface area contributed by atoms with Gasteiger partial charge in [0.15, 0.2) is 0 Å². The first-order valence-corrected chi connectivity index (χ1v) is 6.75. The van der Waals surface area contributed by atoms with Gasteiger partial charge in [-0.05, 0) is 29.9 Å². The van der Waals surface area contributed by atoms with Crippen molar-refractivity contribution in [3.8, 4) is 0 Å². The average molecular weight is 274 g/mol. The molecule has 0 bridgehead atoms. The van der Waals surface area contributed by atoms with E-state index in [-0.39, 0.29) is 0 Å². The van der Waals surface area contributed by atoms with E-state index in [1.54, 1.807) is 0 Å². The Bertz CT molecular complexity index is 266. The van der Waals surface area contributed by atoms with Gasteiger partial charge in [-0.2, -0.15) is 0 Å². The van der Waals surface area contributed by atoms with E-state index < -0.39 is 3.12 Å². The summed E-state index contributed by atoms with van der Waals surface area (Å²) in [7, 11) is 2.66. The SMILES string of the molecule is Cc1ccc(SSC(Cl)(Cl)Cl)cc1. The fraction of sp³-hybridized carbons (Fsp3) is 0.250. The summed E-state index contributed by atoms with van der Waals surface area (Å²) in [5.74, 6) is 0. The number of aryl methyl sites for hydroxylation is 1. The molecule has 1 aromatic rings. The molecule has 0 spiro atoms.